The number of rotatable bonds is 2. The Morgan fingerprint density at radius 1 is 1.22 bits per heavy atom. The number of carbonyl (C=O) groups excluding carboxylic acids is 1. The van der Waals surface area contributed by atoms with Crippen LogP contribution in [0.4, 0.5) is 0 Å². The van der Waals surface area contributed by atoms with Crippen molar-refractivity contribution < 1.29 is 4.79 Å². The van der Waals surface area contributed by atoms with Crippen LogP contribution in [-0.4, -0.2) is 20.1 Å². The fraction of sp³-hybridized carbons (Fsp3) is 0.0769. The lowest BCUT2D eigenvalue weighted by atomic mass is 10.3. The van der Waals surface area contributed by atoms with Gasteiger partial charge in [-0.2, -0.15) is 0 Å². The number of para-hydroxylation sites is 2. The number of fused-ring (bicyclic) bond motifs is 1. The minimum atomic E-state index is -0.161. The molecule has 5 heteroatoms. The molecule has 0 fully saturated rings. The van der Waals surface area contributed by atoms with Gasteiger partial charge in [0, 0.05) is 13.2 Å². The minimum Gasteiger partial charge on any atom is -0.347 e. The average molecular weight is 240 g/mol. The molecule has 0 atom stereocenters. The van der Waals surface area contributed by atoms with Crippen LogP contribution < -0.4 is 5.43 Å². The van der Waals surface area contributed by atoms with Gasteiger partial charge in [-0.1, -0.05) is 12.1 Å². The molecule has 0 aliphatic rings. The van der Waals surface area contributed by atoms with Crippen molar-refractivity contribution in [1.82, 2.24) is 14.2 Å². The number of hydrogen-bond donors (Lipinski definition) is 1. The summed E-state index contributed by atoms with van der Waals surface area (Å²) in [5.74, 6) is -0.161. The Hall–Kier alpha value is -2.56. The summed E-state index contributed by atoms with van der Waals surface area (Å²) < 4.78 is 3.40. The number of benzene rings is 1. The first-order valence-corrected chi connectivity index (χ1v) is 5.60. The van der Waals surface area contributed by atoms with E-state index in [-0.39, 0.29) is 5.91 Å². The molecule has 2 heterocycles. The lowest BCUT2D eigenvalue weighted by Gasteiger charge is -2.07. The molecule has 1 N–H and O–H groups in total. The van der Waals surface area contributed by atoms with Gasteiger partial charge in [0.15, 0.2) is 0 Å². The zero-order chi connectivity index (χ0) is 12.5. The quantitative estimate of drug-likeness (QED) is 0.742. The highest BCUT2D eigenvalue weighted by Gasteiger charge is 2.10. The Kier molecular flexibility index (Phi) is 2.37. The van der Waals surface area contributed by atoms with E-state index in [1.54, 1.807) is 21.6 Å². The van der Waals surface area contributed by atoms with E-state index in [4.69, 9.17) is 0 Å². The van der Waals surface area contributed by atoms with E-state index >= 15 is 0 Å². The number of nitrogens with one attached hydrogen (secondary N) is 1. The summed E-state index contributed by atoms with van der Waals surface area (Å²) in [6.07, 6.45) is 3.44. The Morgan fingerprint density at radius 2 is 2.06 bits per heavy atom. The van der Waals surface area contributed by atoms with Crippen molar-refractivity contribution in [3.63, 3.8) is 0 Å². The van der Waals surface area contributed by atoms with E-state index < -0.39 is 0 Å². The lowest BCUT2D eigenvalue weighted by molar-refractivity contribution is 0.100. The van der Waals surface area contributed by atoms with Gasteiger partial charge in [0.1, 0.15) is 12.0 Å². The van der Waals surface area contributed by atoms with Crippen LogP contribution in [0, 0.1) is 0 Å². The smallest absolute Gasteiger partial charge is 0.286 e. The van der Waals surface area contributed by atoms with Crippen molar-refractivity contribution in [2.45, 2.75) is 0 Å². The molecule has 0 aliphatic carbocycles. The maximum atomic E-state index is 12.1. The standard InChI is InChI=1S/C13H12N4O/c1-16-8-4-7-12(16)13(18)15-17-9-14-10-5-2-3-6-11(10)17/h2-9H,1H3,(H,15,18). The largest absolute Gasteiger partial charge is 0.347 e. The van der Waals surface area contributed by atoms with Crippen LogP contribution >= 0.6 is 0 Å². The monoisotopic (exact) mass is 240 g/mol. The average Bonchev–Trinajstić information content (AvgIpc) is 2.97. The van der Waals surface area contributed by atoms with Crippen LogP contribution in [-0.2, 0) is 7.05 Å². The van der Waals surface area contributed by atoms with Gasteiger partial charge in [0.2, 0.25) is 0 Å². The molecule has 1 amide bonds. The number of hydrogen-bond acceptors (Lipinski definition) is 2. The van der Waals surface area contributed by atoms with E-state index in [9.17, 15) is 4.79 Å². The van der Waals surface area contributed by atoms with E-state index in [0.717, 1.165) is 11.0 Å². The van der Waals surface area contributed by atoms with Gasteiger partial charge in [-0.25, -0.2) is 9.66 Å². The summed E-state index contributed by atoms with van der Waals surface area (Å²) in [7, 11) is 1.83. The van der Waals surface area contributed by atoms with Gasteiger partial charge in [-0.3, -0.25) is 10.2 Å². The summed E-state index contributed by atoms with van der Waals surface area (Å²) in [5, 5.41) is 0. The van der Waals surface area contributed by atoms with Crippen LogP contribution in [0.5, 0.6) is 0 Å². The number of aromatic nitrogens is 3. The molecule has 0 unspecified atom stereocenters. The molecule has 90 valence electrons. The van der Waals surface area contributed by atoms with E-state index in [1.165, 1.54) is 0 Å². The van der Waals surface area contributed by atoms with Crippen molar-refractivity contribution in [3.8, 4) is 0 Å². The van der Waals surface area contributed by atoms with Crippen molar-refractivity contribution in [3.05, 3.63) is 54.6 Å². The summed E-state index contributed by atoms with van der Waals surface area (Å²) >= 11 is 0. The molecule has 0 spiro atoms. The Labute approximate surface area is 104 Å². The predicted molar refractivity (Wildman–Crippen MR) is 68.8 cm³/mol. The molecule has 0 radical (unpaired) electrons. The number of imidazole rings is 1. The maximum absolute atomic E-state index is 12.1. The van der Waals surface area contributed by atoms with Gasteiger partial charge < -0.3 is 4.57 Å². The van der Waals surface area contributed by atoms with E-state index in [1.807, 2.05) is 43.6 Å². The molecule has 0 bridgehead atoms. The highest BCUT2D eigenvalue weighted by molar-refractivity contribution is 5.99. The molecule has 0 saturated heterocycles. The minimum absolute atomic E-state index is 0.161. The van der Waals surface area contributed by atoms with Crippen LogP contribution in [0.2, 0.25) is 0 Å². The van der Waals surface area contributed by atoms with Gasteiger partial charge in [0.25, 0.3) is 5.91 Å². The van der Waals surface area contributed by atoms with Crippen LogP contribution in [0.15, 0.2) is 48.9 Å². The fourth-order valence-corrected chi connectivity index (χ4v) is 1.91. The summed E-state index contributed by atoms with van der Waals surface area (Å²) in [4.78, 5) is 16.3. The third-order valence-electron chi connectivity index (χ3n) is 2.85. The zero-order valence-electron chi connectivity index (χ0n) is 9.87. The maximum Gasteiger partial charge on any atom is 0.286 e. The second-order valence-corrected chi connectivity index (χ2v) is 4.05. The number of amides is 1. The normalized spacial score (nSPS) is 10.7. The highest BCUT2D eigenvalue weighted by atomic mass is 16.2. The first-order valence-electron chi connectivity index (χ1n) is 5.60. The second kappa shape index (κ2) is 4.03. The predicted octanol–water partition coefficient (Wildman–Crippen LogP) is 1.76. The van der Waals surface area contributed by atoms with E-state index in [0.29, 0.717) is 5.69 Å². The van der Waals surface area contributed by atoms with Gasteiger partial charge in [0.05, 0.1) is 11.0 Å². The lowest BCUT2D eigenvalue weighted by Crippen LogP contribution is -2.23. The third-order valence-corrected chi connectivity index (χ3v) is 2.85. The van der Waals surface area contributed by atoms with Crippen molar-refractivity contribution in [2.24, 2.45) is 7.05 Å². The highest BCUT2D eigenvalue weighted by Crippen LogP contribution is 2.10. The van der Waals surface area contributed by atoms with E-state index in [2.05, 4.69) is 10.4 Å². The topological polar surface area (TPSA) is 51.9 Å². The molecule has 2 aromatic heterocycles. The first kappa shape index (κ1) is 10.6. The number of nitrogens with zero attached hydrogens (tertiary/aromatic N) is 3. The Morgan fingerprint density at radius 3 is 2.83 bits per heavy atom. The van der Waals surface area contributed by atoms with Crippen LogP contribution in [0.1, 0.15) is 10.5 Å². The SMILES string of the molecule is Cn1cccc1C(=O)Nn1cnc2ccccc21. The Balaban J connectivity index is 1.93. The van der Waals surface area contributed by atoms with Crippen molar-refractivity contribution in [1.29, 1.82) is 0 Å². The molecular weight excluding hydrogens is 228 g/mol. The third kappa shape index (κ3) is 1.66. The molecule has 18 heavy (non-hydrogen) atoms. The first-order chi connectivity index (χ1) is 8.75. The molecule has 3 rings (SSSR count). The molecule has 0 saturated carbocycles. The summed E-state index contributed by atoms with van der Waals surface area (Å²) in [6, 6.07) is 11.2. The van der Waals surface area contributed by atoms with Gasteiger partial charge in [-0.05, 0) is 24.3 Å². The second-order valence-electron chi connectivity index (χ2n) is 4.05. The van der Waals surface area contributed by atoms with Gasteiger partial charge in [-0.15, -0.1) is 0 Å². The van der Waals surface area contributed by atoms with Crippen LogP contribution in [0.25, 0.3) is 11.0 Å². The molecule has 3 aromatic rings. The Bertz CT molecular complexity index is 710. The summed E-state index contributed by atoms with van der Waals surface area (Å²) in [6.45, 7) is 0. The van der Waals surface area contributed by atoms with Gasteiger partial charge >= 0.3 is 0 Å². The number of carbonyl (C=O) groups is 1. The molecular formula is C13H12N4O. The zero-order valence-corrected chi connectivity index (χ0v) is 9.87. The van der Waals surface area contributed by atoms with Crippen molar-refractivity contribution >= 4 is 16.9 Å². The number of aryl methyl sites for hydroxylation is 1. The summed E-state index contributed by atoms with van der Waals surface area (Å²) in [5.41, 5.74) is 5.13. The molecule has 0 aliphatic heterocycles. The fourth-order valence-electron chi connectivity index (χ4n) is 1.91. The molecule has 5 nitrogen and oxygen atoms in total. The van der Waals surface area contributed by atoms with Crippen LogP contribution in [0.3, 0.4) is 0 Å². The van der Waals surface area contributed by atoms with Crippen molar-refractivity contribution in [2.75, 3.05) is 5.43 Å². The molecule has 1 aromatic carbocycles.